The maximum Gasteiger partial charge on any atom is 0.158 e. The molecule has 0 saturated heterocycles. The molecule has 2 N–H and O–H groups in total. The summed E-state index contributed by atoms with van der Waals surface area (Å²) in [6, 6.07) is 3.92. The lowest BCUT2D eigenvalue weighted by molar-refractivity contribution is 0.333. The normalized spacial score (nSPS) is 12.5. The van der Waals surface area contributed by atoms with Crippen molar-refractivity contribution in [3.8, 4) is 5.75 Å². The maximum absolute atomic E-state index is 12.1. The molecule has 0 atom stereocenters. The highest BCUT2D eigenvalue weighted by atomic mass is 79.9. The van der Waals surface area contributed by atoms with Crippen LogP contribution >= 0.6 is 15.9 Å². The highest BCUT2D eigenvalue weighted by Crippen LogP contribution is 2.28. The third-order valence-corrected chi connectivity index (χ3v) is 6.29. The summed E-state index contributed by atoms with van der Waals surface area (Å²) in [5.74, 6) is 0.751. The van der Waals surface area contributed by atoms with Crippen LogP contribution < -0.4 is 10.5 Å². The van der Waals surface area contributed by atoms with Crippen molar-refractivity contribution in [3.63, 3.8) is 0 Å². The number of hydrogen-bond acceptors (Lipinski definition) is 4. The smallest absolute Gasteiger partial charge is 0.158 e. The largest absolute Gasteiger partial charge is 0.492 e. The zero-order chi connectivity index (χ0) is 16.3. The molecule has 1 rings (SSSR count). The van der Waals surface area contributed by atoms with Gasteiger partial charge >= 0.3 is 0 Å². The second-order valence-electron chi connectivity index (χ2n) is 6.03. The molecule has 21 heavy (non-hydrogen) atoms. The number of hydrogen-bond donors (Lipinski definition) is 1. The van der Waals surface area contributed by atoms with Crippen LogP contribution in [0.4, 0.5) is 0 Å². The summed E-state index contributed by atoms with van der Waals surface area (Å²) >= 11 is 3.45. The molecular weight excluding hydrogens is 354 g/mol. The molecule has 1 aromatic carbocycles. The lowest BCUT2D eigenvalue weighted by Gasteiger charge is -2.20. The molecule has 0 aliphatic heterocycles. The molecule has 120 valence electrons. The highest BCUT2D eigenvalue weighted by Gasteiger charge is 2.28. The van der Waals surface area contributed by atoms with E-state index in [0.717, 1.165) is 21.3 Å². The summed E-state index contributed by atoms with van der Waals surface area (Å²) in [5.41, 5.74) is 7.59. The van der Waals surface area contributed by atoms with Crippen molar-refractivity contribution in [2.24, 2.45) is 5.73 Å². The Balaban J connectivity index is 2.85. The molecule has 0 saturated carbocycles. The van der Waals surface area contributed by atoms with Crippen molar-refractivity contribution in [1.82, 2.24) is 0 Å². The lowest BCUT2D eigenvalue weighted by atomic mass is 10.1. The Hall–Kier alpha value is -0.590. The second kappa shape index (κ2) is 7.11. The third kappa shape index (κ3) is 4.97. The molecule has 0 bridgehead atoms. The number of benzene rings is 1. The van der Waals surface area contributed by atoms with E-state index in [1.807, 2.05) is 19.1 Å². The first-order valence-corrected chi connectivity index (χ1v) is 9.37. The van der Waals surface area contributed by atoms with Crippen molar-refractivity contribution in [1.29, 1.82) is 0 Å². The van der Waals surface area contributed by atoms with Crippen LogP contribution in [0.5, 0.6) is 5.75 Å². The van der Waals surface area contributed by atoms with Gasteiger partial charge in [-0.15, -0.1) is 0 Å². The fourth-order valence-electron chi connectivity index (χ4n) is 1.91. The Bertz CT molecular complexity index is 592. The number of ether oxygens (including phenoxy) is 1. The van der Waals surface area contributed by atoms with Crippen molar-refractivity contribution in [3.05, 3.63) is 27.7 Å². The van der Waals surface area contributed by atoms with Crippen LogP contribution in [-0.2, 0) is 16.3 Å². The van der Waals surface area contributed by atoms with E-state index in [2.05, 4.69) is 15.9 Å². The average molecular weight is 378 g/mol. The predicted octanol–water partition coefficient (Wildman–Crippen LogP) is 2.85. The summed E-state index contributed by atoms with van der Waals surface area (Å²) in [6.07, 6.45) is 0.696. The van der Waals surface area contributed by atoms with Crippen molar-refractivity contribution < 1.29 is 13.2 Å². The number of nitrogens with two attached hydrogens (primary N) is 1. The van der Waals surface area contributed by atoms with Crippen LogP contribution in [0.25, 0.3) is 0 Å². The summed E-state index contributed by atoms with van der Waals surface area (Å²) < 4.78 is 30.1. The SMILES string of the molecule is Cc1cc(Br)cc(CCN)c1OCCS(=O)(=O)C(C)(C)C. The summed E-state index contributed by atoms with van der Waals surface area (Å²) in [4.78, 5) is 0. The first kappa shape index (κ1) is 18.5. The van der Waals surface area contributed by atoms with E-state index < -0.39 is 14.6 Å². The van der Waals surface area contributed by atoms with Crippen LogP contribution in [0.1, 0.15) is 31.9 Å². The summed E-state index contributed by atoms with van der Waals surface area (Å²) in [6.45, 7) is 7.72. The second-order valence-corrected chi connectivity index (χ2v) is 9.81. The van der Waals surface area contributed by atoms with Gasteiger partial charge in [-0.05, 0) is 63.9 Å². The van der Waals surface area contributed by atoms with E-state index in [-0.39, 0.29) is 12.4 Å². The molecule has 4 nitrogen and oxygen atoms in total. The Morgan fingerprint density at radius 2 is 1.90 bits per heavy atom. The van der Waals surface area contributed by atoms with Crippen molar-refractivity contribution in [2.75, 3.05) is 18.9 Å². The molecule has 0 radical (unpaired) electrons. The Morgan fingerprint density at radius 1 is 1.29 bits per heavy atom. The monoisotopic (exact) mass is 377 g/mol. The van der Waals surface area contributed by atoms with Gasteiger partial charge < -0.3 is 10.5 Å². The molecule has 0 amide bonds. The zero-order valence-electron chi connectivity index (χ0n) is 13.1. The minimum atomic E-state index is -3.17. The molecule has 0 spiro atoms. The van der Waals surface area contributed by atoms with Gasteiger partial charge in [0.15, 0.2) is 9.84 Å². The number of sulfone groups is 1. The van der Waals surface area contributed by atoms with Crippen LogP contribution in [0.3, 0.4) is 0 Å². The Kier molecular flexibility index (Phi) is 6.25. The molecule has 1 aromatic rings. The van der Waals surface area contributed by atoms with Crippen molar-refractivity contribution >= 4 is 25.8 Å². The van der Waals surface area contributed by atoms with E-state index in [9.17, 15) is 8.42 Å². The minimum Gasteiger partial charge on any atom is -0.492 e. The van der Waals surface area contributed by atoms with Gasteiger partial charge in [0.2, 0.25) is 0 Å². The Labute approximate surface area is 136 Å². The third-order valence-electron chi connectivity index (χ3n) is 3.26. The molecule has 0 aliphatic rings. The van der Waals surface area contributed by atoms with Crippen LogP contribution in [0.15, 0.2) is 16.6 Å². The molecule has 0 aromatic heterocycles. The molecular formula is C15H24BrNO3S. The van der Waals surface area contributed by atoms with Gasteiger partial charge in [0.1, 0.15) is 12.4 Å². The van der Waals surface area contributed by atoms with E-state index in [1.54, 1.807) is 20.8 Å². The van der Waals surface area contributed by atoms with E-state index in [0.29, 0.717) is 13.0 Å². The first-order chi connectivity index (χ1) is 9.58. The first-order valence-electron chi connectivity index (χ1n) is 6.92. The fraction of sp³-hybridized carbons (Fsp3) is 0.600. The quantitative estimate of drug-likeness (QED) is 0.827. The highest BCUT2D eigenvalue weighted by molar-refractivity contribution is 9.10. The summed E-state index contributed by atoms with van der Waals surface area (Å²) in [5, 5.41) is 0. The molecule has 6 heteroatoms. The number of rotatable bonds is 6. The van der Waals surface area contributed by atoms with E-state index in [1.165, 1.54) is 0 Å². The molecule has 0 unspecified atom stereocenters. The summed E-state index contributed by atoms with van der Waals surface area (Å²) in [7, 11) is -3.17. The van der Waals surface area contributed by atoms with E-state index >= 15 is 0 Å². The number of aryl methyl sites for hydroxylation is 1. The minimum absolute atomic E-state index is 0.00800. The zero-order valence-corrected chi connectivity index (χ0v) is 15.5. The van der Waals surface area contributed by atoms with Gasteiger partial charge in [0.25, 0.3) is 0 Å². The van der Waals surface area contributed by atoms with Crippen molar-refractivity contribution in [2.45, 2.75) is 38.9 Å². The standard InChI is InChI=1S/C15H24BrNO3S/c1-11-9-13(16)10-12(5-6-17)14(11)20-7-8-21(18,19)15(2,3)4/h9-10H,5-8,17H2,1-4H3. The van der Waals surface area contributed by atoms with Crippen LogP contribution in [0.2, 0.25) is 0 Å². The van der Waals surface area contributed by atoms with E-state index in [4.69, 9.17) is 10.5 Å². The molecule has 0 aliphatic carbocycles. The molecule has 0 heterocycles. The maximum atomic E-state index is 12.1. The van der Waals surface area contributed by atoms with Crippen LogP contribution in [-0.4, -0.2) is 32.1 Å². The lowest BCUT2D eigenvalue weighted by Crippen LogP contribution is -2.32. The number of halogens is 1. The topological polar surface area (TPSA) is 69.4 Å². The van der Waals surface area contributed by atoms with Gasteiger partial charge in [-0.1, -0.05) is 15.9 Å². The van der Waals surface area contributed by atoms with Gasteiger partial charge in [0.05, 0.1) is 10.5 Å². The van der Waals surface area contributed by atoms with Gasteiger partial charge in [-0.3, -0.25) is 0 Å². The fourth-order valence-corrected chi connectivity index (χ4v) is 3.44. The van der Waals surface area contributed by atoms with Gasteiger partial charge in [0, 0.05) is 4.47 Å². The average Bonchev–Trinajstić information content (AvgIpc) is 2.31. The van der Waals surface area contributed by atoms with Crippen LogP contribution in [0, 0.1) is 6.92 Å². The molecule has 0 fully saturated rings. The van der Waals surface area contributed by atoms with Gasteiger partial charge in [-0.2, -0.15) is 0 Å². The Morgan fingerprint density at radius 3 is 2.43 bits per heavy atom. The predicted molar refractivity (Wildman–Crippen MR) is 90.7 cm³/mol. The van der Waals surface area contributed by atoms with Gasteiger partial charge in [-0.25, -0.2) is 8.42 Å².